The number of nitrogens with zero attached hydrogens (tertiary/aromatic N) is 4. The summed E-state index contributed by atoms with van der Waals surface area (Å²) in [6.45, 7) is 8.48. The molecule has 2 aromatic heterocycles. The second kappa shape index (κ2) is 10.4. The number of fused-ring (bicyclic) bond motifs is 3. The maximum Gasteiger partial charge on any atom is 0.262 e. The lowest BCUT2D eigenvalue weighted by Crippen LogP contribution is -2.32. The van der Waals surface area contributed by atoms with Crippen molar-refractivity contribution in [3.63, 3.8) is 0 Å². The summed E-state index contributed by atoms with van der Waals surface area (Å²) in [4.78, 5) is 38.9. The van der Waals surface area contributed by atoms with E-state index in [4.69, 9.17) is 0 Å². The highest BCUT2D eigenvalue weighted by Crippen LogP contribution is 2.24. The number of amides is 1. The maximum atomic E-state index is 13.4. The van der Waals surface area contributed by atoms with Gasteiger partial charge in [0.25, 0.3) is 11.5 Å². The van der Waals surface area contributed by atoms with Crippen molar-refractivity contribution < 1.29 is 9.59 Å². The molecule has 0 aliphatic carbocycles. The first-order chi connectivity index (χ1) is 16.8. The van der Waals surface area contributed by atoms with Crippen LogP contribution in [-0.2, 0) is 6.54 Å². The molecule has 1 unspecified atom stereocenters. The Hall–Kier alpha value is -3.46. The average Bonchev–Trinajstić information content (AvgIpc) is 3.29. The van der Waals surface area contributed by atoms with E-state index < -0.39 is 0 Å². The Morgan fingerprint density at radius 3 is 2.46 bits per heavy atom. The van der Waals surface area contributed by atoms with Crippen LogP contribution in [0.25, 0.3) is 16.7 Å². The minimum absolute atomic E-state index is 0.0271. The fourth-order valence-electron chi connectivity index (χ4n) is 3.79. The van der Waals surface area contributed by atoms with E-state index in [9.17, 15) is 14.4 Å². The second-order valence-corrected chi connectivity index (χ2v) is 9.96. The van der Waals surface area contributed by atoms with Crippen LogP contribution in [0.4, 0.5) is 0 Å². The molecule has 0 fully saturated rings. The zero-order chi connectivity index (χ0) is 25.1. The molecule has 0 aliphatic heterocycles. The van der Waals surface area contributed by atoms with E-state index in [1.807, 2.05) is 45.9 Å². The Kier molecular flexibility index (Phi) is 7.35. The fourth-order valence-corrected chi connectivity index (χ4v) is 4.63. The van der Waals surface area contributed by atoms with Crippen LogP contribution in [0.1, 0.15) is 54.8 Å². The van der Waals surface area contributed by atoms with Crippen LogP contribution in [0, 0.1) is 5.92 Å². The van der Waals surface area contributed by atoms with Crippen LogP contribution in [0.2, 0.25) is 0 Å². The van der Waals surface area contributed by atoms with Gasteiger partial charge in [0.15, 0.2) is 10.9 Å². The molecule has 2 heterocycles. The number of benzene rings is 2. The number of hydrogen-bond acceptors (Lipinski definition) is 6. The van der Waals surface area contributed by atoms with Crippen molar-refractivity contribution in [3.8, 4) is 0 Å². The molecular formula is C26H29N5O3S. The average molecular weight is 492 g/mol. The van der Waals surface area contributed by atoms with E-state index in [0.717, 1.165) is 6.42 Å². The predicted octanol–water partition coefficient (Wildman–Crippen LogP) is 4.20. The summed E-state index contributed by atoms with van der Waals surface area (Å²) in [6.07, 6.45) is 0.811. The molecule has 182 valence electrons. The minimum Gasteiger partial charge on any atom is -0.350 e. The quantitative estimate of drug-likeness (QED) is 0.278. The molecule has 35 heavy (non-hydrogen) atoms. The topological polar surface area (TPSA) is 98.4 Å². The van der Waals surface area contributed by atoms with Gasteiger partial charge in [0.2, 0.25) is 5.78 Å². The Morgan fingerprint density at radius 2 is 1.77 bits per heavy atom. The number of carbonyl (C=O) groups excluding carboxylic acids is 2. The van der Waals surface area contributed by atoms with Crippen LogP contribution in [0.5, 0.6) is 0 Å². The van der Waals surface area contributed by atoms with Gasteiger partial charge >= 0.3 is 0 Å². The number of ketones is 1. The van der Waals surface area contributed by atoms with Gasteiger partial charge in [0, 0.05) is 23.7 Å². The third-order valence-electron chi connectivity index (χ3n) is 5.80. The SMILES string of the molecule is CCC(C)NC(=O)c1ccc2c(=O)n(CC(C)C)c3nnc(SCC(=O)c4ccccc4)n3c2c1. The number of rotatable bonds is 9. The molecule has 4 aromatic rings. The van der Waals surface area contributed by atoms with Crippen LogP contribution in [0.3, 0.4) is 0 Å². The molecule has 1 N–H and O–H groups in total. The first-order valence-corrected chi connectivity index (χ1v) is 12.7. The maximum absolute atomic E-state index is 13.4. The largest absolute Gasteiger partial charge is 0.350 e. The number of thioether (sulfide) groups is 1. The van der Waals surface area contributed by atoms with E-state index in [-0.39, 0.29) is 35.0 Å². The van der Waals surface area contributed by atoms with Gasteiger partial charge in [-0.25, -0.2) is 0 Å². The Bertz CT molecular complexity index is 1440. The van der Waals surface area contributed by atoms with E-state index >= 15 is 0 Å². The Morgan fingerprint density at radius 1 is 1.03 bits per heavy atom. The minimum atomic E-state index is -0.206. The first kappa shape index (κ1) is 24.7. The fraction of sp³-hybridized carbons (Fsp3) is 0.346. The standard InChI is InChI=1S/C26H29N5O3S/c1-5-17(4)27-23(33)19-11-12-20-21(13-19)31-25(30(24(20)34)14-16(2)3)28-29-26(31)35-15-22(32)18-9-7-6-8-10-18/h6-13,16-17H,5,14-15H2,1-4H3,(H,27,33). The Balaban J connectivity index is 1.82. The normalized spacial score (nSPS) is 12.4. The highest BCUT2D eigenvalue weighted by atomic mass is 32.2. The summed E-state index contributed by atoms with van der Waals surface area (Å²) in [5, 5.41) is 12.6. The van der Waals surface area contributed by atoms with Gasteiger partial charge in [0.1, 0.15) is 0 Å². The van der Waals surface area contributed by atoms with Crippen LogP contribution >= 0.6 is 11.8 Å². The lowest BCUT2D eigenvalue weighted by atomic mass is 10.1. The van der Waals surface area contributed by atoms with Gasteiger partial charge in [0.05, 0.1) is 16.7 Å². The zero-order valence-electron chi connectivity index (χ0n) is 20.3. The summed E-state index contributed by atoms with van der Waals surface area (Å²) in [5.74, 6) is 0.541. The molecule has 0 bridgehead atoms. The van der Waals surface area contributed by atoms with Crippen molar-refractivity contribution in [2.45, 2.75) is 51.9 Å². The van der Waals surface area contributed by atoms with Gasteiger partial charge in [-0.2, -0.15) is 0 Å². The van der Waals surface area contributed by atoms with E-state index in [1.54, 1.807) is 39.3 Å². The number of carbonyl (C=O) groups is 2. The van der Waals surface area contributed by atoms with Crippen molar-refractivity contribution in [1.29, 1.82) is 0 Å². The van der Waals surface area contributed by atoms with Crippen molar-refractivity contribution in [2.24, 2.45) is 5.92 Å². The molecular weight excluding hydrogens is 462 g/mol. The van der Waals surface area contributed by atoms with Gasteiger partial charge in [-0.3, -0.25) is 23.4 Å². The third kappa shape index (κ3) is 5.14. The third-order valence-corrected chi connectivity index (χ3v) is 6.73. The molecule has 4 rings (SSSR count). The van der Waals surface area contributed by atoms with Crippen molar-refractivity contribution in [1.82, 2.24) is 24.5 Å². The molecule has 0 radical (unpaired) electrons. The van der Waals surface area contributed by atoms with E-state index in [2.05, 4.69) is 15.5 Å². The molecule has 1 amide bonds. The lowest BCUT2D eigenvalue weighted by Gasteiger charge is -2.15. The Labute approximate surface area is 207 Å². The molecule has 0 saturated carbocycles. The summed E-state index contributed by atoms with van der Waals surface area (Å²) in [5.41, 5.74) is 1.44. The molecule has 0 aliphatic rings. The van der Waals surface area contributed by atoms with Crippen LogP contribution in [0.15, 0.2) is 58.5 Å². The van der Waals surface area contributed by atoms with E-state index in [0.29, 0.717) is 39.5 Å². The number of nitrogens with one attached hydrogen (secondary N) is 1. The second-order valence-electron chi connectivity index (χ2n) is 9.02. The number of aromatic nitrogens is 4. The molecule has 1 atom stereocenters. The molecule has 9 heteroatoms. The first-order valence-electron chi connectivity index (χ1n) is 11.7. The van der Waals surface area contributed by atoms with Crippen molar-refractivity contribution in [2.75, 3.05) is 5.75 Å². The van der Waals surface area contributed by atoms with Gasteiger partial charge < -0.3 is 5.32 Å². The molecule has 0 spiro atoms. The highest BCUT2D eigenvalue weighted by Gasteiger charge is 2.20. The highest BCUT2D eigenvalue weighted by molar-refractivity contribution is 7.99. The smallest absolute Gasteiger partial charge is 0.262 e. The zero-order valence-corrected chi connectivity index (χ0v) is 21.1. The lowest BCUT2D eigenvalue weighted by molar-refractivity contribution is 0.0938. The number of hydrogen-bond donors (Lipinski definition) is 1. The predicted molar refractivity (Wildman–Crippen MR) is 138 cm³/mol. The van der Waals surface area contributed by atoms with Gasteiger partial charge in [-0.1, -0.05) is 62.9 Å². The summed E-state index contributed by atoms with van der Waals surface area (Å²) in [7, 11) is 0. The molecule has 0 saturated heterocycles. The van der Waals surface area contributed by atoms with Crippen LogP contribution in [-0.4, -0.2) is 42.7 Å². The van der Waals surface area contributed by atoms with Gasteiger partial charge in [-0.05, 0) is 37.5 Å². The summed E-state index contributed by atoms with van der Waals surface area (Å²) in [6, 6.07) is 14.2. The summed E-state index contributed by atoms with van der Waals surface area (Å²) >= 11 is 1.26. The van der Waals surface area contributed by atoms with E-state index in [1.165, 1.54) is 11.8 Å². The monoisotopic (exact) mass is 491 g/mol. The van der Waals surface area contributed by atoms with Crippen LogP contribution < -0.4 is 10.9 Å². The molecule has 2 aromatic carbocycles. The van der Waals surface area contributed by atoms with Gasteiger partial charge in [-0.15, -0.1) is 10.2 Å². The molecule has 8 nitrogen and oxygen atoms in total. The number of Topliss-reactive ketones (excluding diaryl/α,β-unsaturated/α-hetero) is 1. The summed E-state index contributed by atoms with van der Waals surface area (Å²) < 4.78 is 3.39. The van der Waals surface area contributed by atoms with Crippen molar-refractivity contribution in [3.05, 3.63) is 70.0 Å². The van der Waals surface area contributed by atoms with Crippen molar-refractivity contribution >= 4 is 40.1 Å².